The van der Waals surface area contributed by atoms with E-state index in [4.69, 9.17) is 5.73 Å². The van der Waals surface area contributed by atoms with Gasteiger partial charge in [-0.15, -0.1) is 11.3 Å². The van der Waals surface area contributed by atoms with Gasteiger partial charge in [0.2, 0.25) is 0 Å². The van der Waals surface area contributed by atoms with E-state index in [2.05, 4.69) is 40.2 Å². The van der Waals surface area contributed by atoms with Crippen molar-refractivity contribution in [2.75, 3.05) is 17.2 Å². The number of para-hydroxylation sites is 1. The van der Waals surface area contributed by atoms with Crippen LogP contribution < -0.4 is 10.6 Å². The van der Waals surface area contributed by atoms with Gasteiger partial charge in [-0.2, -0.15) is 0 Å². The van der Waals surface area contributed by atoms with E-state index in [1.165, 1.54) is 5.56 Å². The maximum Gasteiger partial charge on any atom is 0.150 e. The number of hydrogen-bond donors (Lipinski definition) is 1. The Morgan fingerprint density at radius 2 is 2.05 bits per heavy atom. The van der Waals surface area contributed by atoms with Gasteiger partial charge < -0.3 is 10.6 Å². The first-order valence-electron chi connectivity index (χ1n) is 6.97. The SMILES string of the molecule is CCN(Cc1ccccc1N)c1ncnc2c(C)csc12. The number of thiophene rings is 1. The Morgan fingerprint density at radius 1 is 1.24 bits per heavy atom. The molecule has 0 saturated carbocycles. The Balaban J connectivity index is 2.01. The van der Waals surface area contributed by atoms with Crippen molar-refractivity contribution >= 4 is 33.1 Å². The molecular formula is C16H18N4S. The molecule has 0 atom stereocenters. The zero-order chi connectivity index (χ0) is 14.8. The van der Waals surface area contributed by atoms with Gasteiger partial charge in [-0.25, -0.2) is 9.97 Å². The number of benzene rings is 1. The molecule has 4 nitrogen and oxygen atoms in total. The minimum absolute atomic E-state index is 0.756. The fourth-order valence-electron chi connectivity index (χ4n) is 2.40. The number of fused-ring (bicyclic) bond motifs is 1. The van der Waals surface area contributed by atoms with Crippen molar-refractivity contribution in [2.45, 2.75) is 20.4 Å². The van der Waals surface area contributed by atoms with Gasteiger partial charge in [-0.05, 0) is 36.4 Å². The predicted octanol–water partition coefficient (Wildman–Crippen LogP) is 3.61. The van der Waals surface area contributed by atoms with Crippen molar-refractivity contribution in [1.29, 1.82) is 0 Å². The largest absolute Gasteiger partial charge is 0.398 e. The zero-order valence-electron chi connectivity index (χ0n) is 12.2. The number of aryl methyl sites for hydroxylation is 1. The molecule has 0 spiro atoms. The molecule has 5 heteroatoms. The van der Waals surface area contributed by atoms with Crippen LogP contribution in [0, 0.1) is 6.92 Å². The van der Waals surface area contributed by atoms with E-state index in [0.717, 1.165) is 40.4 Å². The Bertz CT molecular complexity index is 766. The average molecular weight is 298 g/mol. The molecule has 3 rings (SSSR count). The average Bonchev–Trinajstić information content (AvgIpc) is 2.88. The molecule has 0 saturated heterocycles. The number of nitrogens with zero attached hydrogens (tertiary/aromatic N) is 3. The van der Waals surface area contributed by atoms with Gasteiger partial charge in [0, 0.05) is 18.8 Å². The second-order valence-electron chi connectivity index (χ2n) is 5.01. The second-order valence-corrected chi connectivity index (χ2v) is 5.89. The van der Waals surface area contributed by atoms with E-state index in [1.54, 1.807) is 17.7 Å². The van der Waals surface area contributed by atoms with Crippen LogP contribution in [0.5, 0.6) is 0 Å². The van der Waals surface area contributed by atoms with E-state index >= 15 is 0 Å². The van der Waals surface area contributed by atoms with E-state index in [9.17, 15) is 0 Å². The fourth-order valence-corrected chi connectivity index (χ4v) is 3.42. The summed E-state index contributed by atoms with van der Waals surface area (Å²) in [4.78, 5) is 11.1. The summed E-state index contributed by atoms with van der Waals surface area (Å²) in [5.41, 5.74) is 10.3. The zero-order valence-corrected chi connectivity index (χ0v) is 13.0. The summed E-state index contributed by atoms with van der Waals surface area (Å²) in [7, 11) is 0. The lowest BCUT2D eigenvalue weighted by molar-refractivity contribution is 0.819. The third-order valence-electron chi connectivity index (χ3n) is 3.61. The molecule has 2 heterocycles. The van der Waals surface area contributed by atoms with E-state index in [1.807, 2.05) is 18.2 Å². The molecule has 0 unspecified atom stereocenters. The summed E-state index contributed by atoms with van der Waals surface area (Å²) in [6.07, 6.45) is 1.65. The summed E-state index contributed by atoms with van der Waals surface area (Å²) in [5.74, 6) is 0.990. The van der Waals surface area contributed by atoms with Crippen LogP contribution in [0.1, 0.15) is 18.1 Å². The van der Waals surface area contributed by atoms with Crippen molar-refractivity contribution in [3.8, 4) is 0 Å². The molecule has 2 aromatic heterocycles. The van der Waals surface area contributed by atoms with Crippen LogP contribution in [-0.4, -0.2) is 16.5 Å². The van der Waals surface area contributed by atoms with Crippen LogP contribution in [0.2, 0.25) is 0 Å². The predicted molar refractivity (Wildman–Crippen MR) is 89.7 cm³/mol. The number of nitrogens with two attached hydrogens (primary N) is 1. The molecule has 21 heavy (non-hydrogen) atoms. The van der Waals surface area contributed by atoms with Crippen molar-refractivity contribution in [3.63, 3.8) is 0 Å². The highest BCUT2D eigenvalue weighted by Crippen LogP contribution is 2.31. The van der Waals surface area contributed by atoms with Crippen LogP contribution in [0.3, 0.4) is 0 Å². The van der Waals surface area contributed by atoms with Crippen LogP contribution in [0.25, 0.3) is 10.2 Å². The molecule has 0 fully saturated rings. The normalized spacial score (nSPS) is 11.0. The summed E-state index contributed by atoms with van der Waals surface area (Å²) in [6.45, 7) is 5.85. The Morgan fingerprint density at radius 3 is 2.81 bits per heavy atom. The molecular weight excluding hydrogens is 280 g/mol. The van der Waals surface area contributed by atoms with Gasteiger partial charge in [0.25, 0.3) is 0 Å². The van der Waals surface area contributed by atoms with Crippen LogP contribution >= 0.6 is 11.3 Å². The minimum atomic E-state index is 0.756. The summed E-state index contributed by atoms with van der Waals surface area (Å²) in [5, 5.41) is 2.13. The standard InChI is InChI=1S/C16H18N4S/c1-3-20(8-12-6-4-5-7-13(12)17)16-15-14(18-10-19-16)11(2)9-21-15/h4-7,9-10H,3,8,17H2,1-2H3. The number of aromatic nitrogens is 2. The number of nitrogen functional groups attached to an aromatic ring is 1. The maximum absolute atomic E-state index is 6.06. The lowest BCUT2D eigenvalue weighted by atomic mass is 10.1. The molecule has 0 aliphatic rings. The van der Waals surface area contributed by atoms with Gasteiger partial charge >= 0.3 is 0 Å². The first-order chi connectivity index (χ1) is 10.2. The molecule has 0 bridgehead atoms. The topological polar surface area (TPSA) is 55.0 Å². The number of rotatable bonds is 4. The van der Waals surface area contributed by atoms with Crippen LogP contribution in [0.15, 0.2) is 36.0 Å². The first kappa shape index (κ1) is 13.8. The van der Waals surface area contributed by atoms with Crippen molar-refractivity contribution in [2.24, 2.45) is 0 Å². The molecule has 1 aromatic carbocycles. The highest BCUT2D eigenvalue weighted by molar-refractivity contribution is 7.18. The third-order valence-corrected chi connectivity index (χ3v) is 4.69. The summed E-state index contributed by atoms with van der Waals surface area (Å²) >= 11 is 1.70. The number of hydrogen-bond acceptors (Lipinski definition) is 5. The van der Waals surface area contributed by atoms with Crippen LogP contribution in [-0.2, 0) is 6.54 Å². The van der Waals surface area contributed by atoms with E-state index < -0.39 is 0 Å². The van der Waals surface area contributed by atoms with Crippen LogP contribution in [0.4, 0.5) is 11.5 Å². The lowest BCUT2D eigenvalue weighted by Gasteiger charge is -2.23. The highest BCUT2D eigenvalue weighted by atomic mass is 32.1. The van der Waals surface area contributed by atoms with Gasteiger partial charge in [0.1, 0.15) is 12.1 Å². The molecule has 3 aromatic rings. The van der Waals surface area contributed by atoms with Crippen molar-refractivity contribution in [3.05, 3.63) is 47.1 Å². The lowest BCUT2D eigenvalue weighted by Crippen LogP contribution is -2.23. The monoisotopic (exact) mass is 298 g/mol. The Kier molecular flexibility index (Phi) is 3.75. The van der Waals surface area contributed by atoms with Gasteiger partial charge in [-0.3, -0.25) is 0 Å². The van der Waals surface area contributed by atoms with Gasteiger partial charge in [0.05, 0.1) is 10.2 Å². The molecule has 2 N–H and O–H groups in total. The van der Waals surface area contributed by atoms with E-state index in [0.29, 0.717) is 0 Å². The van der Waals surface area contributed by atoms with Gasteiger partial charge in [0.15, 0.2) is 0 Å². The molecule has 0 aliphatic carbocycles. The number of anilines is 2. The Labute approximate surface area is 128 Å². The Hall–Kier alpha value is -2.14. The smallest absolute Gasteiger partial charge is 0.150 e. The minimum Gasteiger partial charge on any atom is -0.398 e. The van der Waals surface area contributed by atoms with E-state index in [-0.39, 0.29) is 0 Å². The van der Waals surface area contributed by atoms with Crippen molar-refractivity contribution in [1.82, 2.24) is 9.97 Å². The summed E-state index contributed by atoms with van der Waals surface area (Å²) in [6, 6.07) is 7.98. The van der Waals surface area contributed by atoms with Crippen molar-refractivity contribution < 1.29 is 0 Å². The summed E-state index contributed by atoms with van der Waals surface area (Å²) < 4.78 is 1.14. The maximum atomic E-state index is 6.06. The molecule has 0 aliphatic heterocycles. The molecule has 0 amide bonds. The fraction of sp³-hybridized carbons (Fsp3) is 0.250. The third kappa shape index (κ3) is 2.56. The quantitative estimate of drug-likeness (QED) is 0.748. The first-order valence-corrected chi connectivity index (χ1v) is 7.85. The second kappa shape index (κ2) is 5.69. The van der Waals surface area contributed by atoms with Gasteiger partial charge in [-0.1, -0.05) is 18.2 Å². The highest BCUT2D eigenvalue weighted by Gasteiger charge is 2.14. The molecule has 108 valence electrons. The molecule has 0 radical (unpaired) electrons.